The van der Waals surface area contributed by atoms with E-state index in [0.717, 1.165) is 4.34 Å². The van der Waals surface area contributed by atoms with E-state index in [1.165, 1.54) is 46.5 Å². The van der Waals surface area contributed by atoms with Crippen LogP contribution in [0.25, 0.3) is 0 Å². The molecule has 100 valence electrons. The van der Waals surface area contributed by atoms with Crippen molar-refractivity contribution in [2.75, 3.05) is 5.32 Å². The molecule has 1 aliphatic carbocycles. The smallest absolute Gasteiger partial charge is 0.0934 e. The monoisotopic (exact) mass is 291 g/mol. The van der Waals surface area contributed by atoms with Crippen LogP contribution in [0, 0.1) is 13.8 Å². The molecule has 1 aliphatic rings. The van der Waals surface area contributed by atoms with E-state index in [4.69, 9.17) is 11.6 Å². The standard InChI is InChI=1S/C16H18ClNS/c1-10-6-7-12(8-11(10)2)18-14-4-3-5-15-13(14)9-16(17)19-15/h6-9,14,18H,3-5H2,1-2H3. The predicted molar refractivity (Wildman–Crippen MR) is 84.5 cm³/mol. The van der Waals surface area contributed by atoms with E-state index in [1.54, 1.807) is 11.3 Å². The molecule has 0 fully saturated rings. The van der Waals surface area contributed by atoms with Crippen LogP contribution in [0.1, 0.15) is 40.5 Å². The maximum Gasteiger partial charge on any atom is 0.0934 e. The fourth-order valence-corrected chi connectivity index (χ4v) is 4.09. The highest BCUT2D eigenvalue weighted by Crippen LogP contribution is 2.39. The molecule has 3 rings (SSSR count). The summed E-state index contributed by atoms with van der Waals surface area (Å²) in [5.74, 6) is 0. The molecule has 0 bridgehead atoms. The molecule has 19 heavy (non-hydrogen) atoms. The van der Waals surface area contributed by atoms with Crippen LogP contribution < -0.4 is 5.32 Å². The zero-order valence-corrected chi connectivity index (χ0v) is 12.9. The van der Waals surface area contributed by atoms with E-state index >= 15 is 0 Å². The highest BCUT2D eigenvalue weighted by molar-refractivity contribution is 7.16. The van der Waals surface area contributed by atoms with E-state index in [0.29, 0.717) is 6.04 Å². The Bertz CT molecular complexity index is 603. The number of rotatable bonds is 2. The molecule has 1 heterocycles. The molecule has 1 N–H and O–H groups in total. The average molecular weight is 292 g/mol. The summed E-state index contributed by atoms with van der Waals surface area (Å²) in [4.78, 5) is 1.46. The number of halogens is 1. The molecule has 1 aromatic carbocycles. The quantitative estimate of drug-likeness (QED) is 0.769. The van der Waals surface area contributed by atoms with E-state index < -0.39 is 0 Å². The van der Waals surface area contributed by atoms with E-state index in [9.17, 15) is 0 Å². The zero-order valence-electron chi connectivity index (χ0n) is 11.3. The summed E-state index contributed by atoms with van der Waals surface area (Å²) >= 11 is 7.89. The van der Waals surface area contributed by atoms with Gasteiger partial charge >= 0.3 is 0 Å². The van der Waals surface area contributed by atoms with Crippen molar-refractivity contribution >= 4 is 28.6 Å². The van der Waals surface area contributed by atoms with Crippen molar-refractivity contribution in [2.45, 2.75) is 39.2 Å². The van der Waals surface area contributed by atoms with Crippen LogP contribution in [0.3, 0.4) is 0 Å². The van der Waals surface area contributed by atoms with E-state index in [-0.39, 0.29) is 0 Å². The fourth-order valence-electron chi connectivity index (χ4n) is 2.70. The summed E-state index contributed by atoms with van der Waals surface area (Å²) in [7, 11) is 0. The van der Waals surface area contributed by atoms with E-state index in [2.05, 4.69) is 43.4 Å². The van der Waals surface area contributed by atoms with Crippen molar-refractivity contribution in [1.29, 1.82) is 0 Å². The van der Waals surface area contributed by atoms with E-state index in [1.807, 2.05) is 0 Å². The van der Waals surface area contributed by atoms with Gasteiger partial charge in [0.25, 0.3) is 0 Å². The average Bonchev–Trinajstić information content (AvgIpc) is 2.75. The molecule has 0 radical (unpaired) electrons. The molecule has 0 aliphatic heterocycles. The second-order valence-electron chi connectivity index (χ2n) is 5.32. The number of aryl methyl sites for hydroxylation is 3. The molecule has 1 unspecified atom stereocenters. The first kappa shape index (κ1) is 13.0. The summed E-state index contributed by atoms with van der Waals surface area (Å²) in [6.45, 7) is 4.31. The highest BCUT2D eigenvalue weighted by atomic mass is 35.5. The lowest BCUT2D eigenvalue weighted by Crippen LogP contribution is -2.15. The predicted octanol–water partition coefficient (Wildman–Crippen LogP) is 5.51. The van der Waals surface area contributed by atoms with Gasteiger partial charge in [0.2, 0.25) is 0 Å². The molecule has 1 atom stereocenters. The second kappa shape index (κ2) is 5.18. The largest absolute Gasteiger partial charge is 0.378 e. The summed E-state index contributed by atoms with van der Waals surface area (Å²) in [5.41, 5.74) is 5.29. The topological polar surface area (TPSA) is 12.0 Å². The maximum atomic E-state index is 6.16. The summed E-state index contributed by atoms with van der Waals surface area (Å²) in [6.07, 6.45) is 3.61. The second-order valence-corrected chi connectivity index (χ2v) is 7.09. The molecular formula is C16H18ClNS. The number of fused-ring (bicyclic) bond motifs is 1. The van der Waals surface area contributed by atoms with Crippen LogP contribution in [0.15, 0.2) is 24.3 Å². The van der Waals surface area contributed by atoms with Crippen LogP contribution in [0.4, 0.5) is 5.69 Å². The minimum atomic E-state index is 0.412. The van der Waals surface area contributed by atoms with Gasteiger partial charge in [0, 0.05) is 10.6 Å². The Morgan fingerprint density at radius 2 is 2.05 bits per heavy atom. The third-order valence-corrected chi connectivity index (χ3v) is 5.27. The summed E-state index contributed by atoms with van der Waals surface area (Å²) in [5, 5.41) is 3.67. The number of thiophene rings is 1. The Kier molecular flexibility index (Phi) is 3.55. The number of hydrogen-bond acceptors (Lipinski definition) is 2. The van der Waals surface area contributed by atoms with Gasteiger partial charge in [-0.25, -0.2) is 0 Å². The van der Waals surface area contributed by atoms with Gasteiger partial charge in [0.05, 0.1) is 10.4 Å². The molecule has 3 heteroatoms. The first-order chi connectivity index (χ1) is 9.13. The Morgan fingerprint density at radius 3 is 2.84 bits per heavy atom. The van der Waals surface area contributed by atoms with Crippen molar-refractivity contribution in [1.82, 2.24) is 0 Å². The fraction of sp³-hybridized carbons (Fsp3) is 0.375. The Morgan fingerprint density at radius 1 is 1.21 bits per heavy atom. The first-order valence-electron chi connectivity index (χ1n) is 6.75. The minimum Gasteiger partial charge on any atom is -0.378 e. The lowest BCUT2D eigenvalue weighted by atomic mass is 9.93. The van der Waals surface area contributed by atoms with Crippen LogP contribution in [0.5, 0.6) is 0 Å². The van der Waals surface area contributed by atoms with Crippen LogP contribution >= 0.6 is 22.9 Å². The molecule has 1 aromatic heterocycles. The minimum absolute atomic E-state index is 0.412. The lowest BCUT2D eigenvalue weighted by Gasteiger charge is -2.25. The Balaban J connectivity index is 1.86. The van der Waals surface area contributed by atoms with Gasteiger partial charge in [-0.2, -0.15) is 0 Å². The Labute approximate surface area is 123 Å². The van der Waals surface area contributed by atoms with Crippen molar-refractivity contribution in [3.8, 4) is 0 Å². The van der Waals surface area contributed by atoms with Gasteiger partial charge in [-0.15, -0.1) is 11.3 Å². The van der Waals surface area contributed by atoms with Crippen molar-refractivity contribution in [3.05, 3.63) is 50.2 Å². The van der Waals surface area contributed by atoms with Gasteiger partial charge in [-0.3, -0.25) is 0 Å². The SMILES string of the molecule is Cc1ccc(NC2CCCc3sc(Cl)cc32)cc1C. The van der Waals surface area contributed by atoms with Crippen molar-refractivity contribution in [2.24, 2.45) is 0 Å². The lowest BCUT2D eigenvalue weighted by molar-refractivity contribution is 0.609. The normalized spacial score (nSPS) is 18.2. The molecule has 0 saturated heterocycles. The van der Waals surface area contributed by atoms with Gasteiger partial charge in [-0.05, 0) is 68.0 Å². The molecule has 0 amide bonds. The van der Waals surface area contributed by atoms with Gasteiger partial charge < -0.3 is 5.32 Å². The third kappa shape index (κ3) is 2.65. The number of benzene rings is 1. The molecule has 0 saturated carbocycles. The van der Waals surface area contributed by atoms with Gasteiger partial charge in [0.15, 0.2) is 0 Å². The molecule has 2 aromatic rings. The highest BCUT2D eigenvalue weighted by Gasteiger charge is 2.22. The third-order valence-electron chi connectivity index (χ3n) is 3.93. The first-order valence-corrected chi connectivity index (χ1v) is 7.95. The van der Waals surface area contributed by atoms with Gasteiger partial charge in [0.1, 0.15) is 0 Å². The van der Waals surface area contributed by atoms with Crippen molar-refractivity contribution in [3.63, 3.8) is 0 Å². The number of hydrogen-bond donors (Lipinski definition) is 1. The molecular weight excluding hydrogens is 274 g/mol. The number of nitrogens with one attached hydrogen (secondary N) is 1. The Hall–Kier alpha value is -0.990. The van der Waals surface area contributed by atoms with Crippen LogP contribution in [0.2, 0.25) is 4.34 Å². The van der Waals surface area contributed by atoms with Crippen LogP contribution in [-0.4, -0.2) is 0 Å². The van der Waals surface area contributed by atoms with Crippen LogP contribution in [-0.2, 0) is 6.42 Å². The number of anilines is 1. The maximum absolute atomic E-state index is 6.16. The van der Waals surface area contributed by atoms with Gasteiger partial charge in [-0.1, -0.05) is 17.7 Å². The molecule has 1 nitrogen and oxygen atoms in total. The summed E-state index contributed by atoms with van der Waals surface area (Å²) in [6, 6.07) is 9.14. The molecule has 0 spiro atoms. The summed E-state index contributed by atoms with van der Waals surface area (Å²) < 4.78 is 0.916. The zero-order chi connectivity index (χ0) is 13.4. The van der Waals surface area contributed by atoms with Crippen molar-refractivity contribution < 1.29 is 0 Å².